The molecule has 5 saturated heterocycles. The Morgan fingerprint density at radius 3 is 2.14 bits per heavy atom. The molecule has 4 amide bonds. The SMILES string of the molecule is CC(=O)NC1[C@H](OCCCCC(=O)c2cccc(OCC(=O)CCCNC(=O)CCCC[C@@H]3SC[C@@H]4NC(=O)N[C@@H]43)c2)OC(CO)[C@@H](O[C@@H]2OC(CO)[C@H](O)[C@H](O[C@H]3OC(CO)[C@H](O)[C@H](O)C3O)C2O)[C@@H]1O. The fourth-order valence-electron chi connectivity index (χ4n) is 9.18. The van der Waals surface area contributed by atoms with Crippen molar-refractivity contribution in [3.63, 3.8) is 0 Å². The smallest absolute Gasteiger partial charge is 0.315 e. The van der Waals surface area contributed by atoms with E-state index in [1.807, 2.05) is 11.8 Å². The maximum absolute atomic E-state index is 13.1. The number of aliphatic hydroxyl groups excluding tert-OH is 9. The summed E-state index contributed by atoms with van der Waals surface area (Å²) < 4.78 is 39.9. The highest BCUT2D eigenvalue weighted by atomic mass is 32.2. The van der Waals surface area contributed by atoms with Gasteiger partial charge in [0.25, 0.3) is 0 Å². The fourth-order valence-corrected chi connectivity index (χ4v) is 10.7. The van der Waals surface area contributed by atoms with Gasteiger partial charge in [0, 0.05) is 55.9 Å². The first-order valence-electron chi connectivity index (χ1n) is 24.3. The molecule has 5 heterocycles. The lowest BCUT2D eigenvalue weighted by molar-refractivity contribution is -0.376. The topological polar surface area (TPSA) is 380 Å². The maximum Gasteiger partial charge on any atom is 0.315 e. The lowest BCUT2D eigenvalue weighted by Crippen LogP contribution is -2.68. The lowest BCUT2D eigenvalue weighted by atomic mass is 9.95. The van der Waals surface area contributed by atoms with E-state index < -0.39 is 118 Å². The van der Waals surface area contributed by atoms with Crippen LogP contribution in [-0.2, 0) is 42.8 Å². The standard InChI is InChI=1S/C46H70N4O21S/c1-22(54)48-34-37(60)41(70-45-40(63)42(36(59)29(18-52)68-45)71-44-39(62)38(61)35(58)28(17-51)67-44)30(19-53)69-43(34)65-15-5-4-11-27(56)23-8-6-10-25(16-23)66-20-24(55)9-7-14-47-32(57)13-3-2-12-31-33-26(21-72-31)49-46(64)50-33/h6,8,10,16,26,28-31,33-45,51-53,58-63H,2-5,7,9,11-15,17-21H2,1H3,(H,47,57)(H,48,54)(H2,49,50,64)/t26-,28?,29?,30?,31-,33-,34?,35-,36-,37+,38-,39?,40?,41+,42-,43+,44+,45-/m0/s1. The molecule has 1 aromatic rings. The number of ketones is 2. The van der Waals surface area contributed by atoms with Gasteiger partial charge in [-0.25, -0.2) is 4.79 Å². The number of hydrogen-bond acceptors (Lipinski definition) is 22. The lowest BCUT2D eigenvalue weighted by Gasteiger charge is -2.48. The maximum atomic E-state index is 13.1. The number of amides is 4. The van der Waals surface area contributed by atoms with Crippen molar-refractivity contribution >= 4 is 41.2 Å². The highest BCUT2D eigenvalue weighted by Gasteiger charge is 2.54. The summed E-state index contributed by atoms with van der Waals surface area (Å²) in [6, 6.07) is 5.28. The summed E-state index contributed by atoms with van der Waals surface area (Å²) >= 11 is 1.84. The number of ether oxygens (including phenoxy) is 7. The normalized spacial score (nSPS) is 35.4. The molecule has 13 N–H and O–H groups in total. The second-order valence-corrected chi connectivity index (χ2v) is 19.7. The third kappa shape index (κ3) is 15.2. The van der Waals surface area contributed by atoms with Gasteiger partial charge in [0.2, 0.25) is 11.8 Å². The number of benzene rings is 1. The van der Waals surface area contributed by atoms with Crippen LogP contribution in [0.4, 0.5) is 4.79 Å². The minimum atomic E-state index is -1.97. The molecule has 0 bridgehead atoms. The Hall–Kier alpha value is -3.68. The Bertz CT molecular complexity index is 1940. The van der Waals surface area contributed by atoms with Crippen molar-refractivity contribution in [1.29, 1.82) is 0 Å². The Balaban J connectivity index is 0.899. The molecule has 5 aliphatic rings. The molecule has 0 radical (unpaired) electrons. The van der Waals surface area contributed by atoms with Crippen LogP contribution in [0.2, 0.25) is 0 Å². The summed E-state index contributed by atoms with van der Waals surface area (Å²) in [5.74, 6) is 0.156. The van der Waals surface area contributed by atoms with Crippen molar-refractivity contribution < 1.29 is 103 Å². The van der Waals surface area contributed by atoms with Gasteiger partial charge in [-0.1, -0.05) is 18.6 Å². The molecule has 5 aliphatic heterocycles. The van der Waals surface area contributed by atoms with Crippen molar-refractivity contribution in [3.8, 4) is 5.75 Å². The summed E-state index contributed by atoms with van der Waals surface area (Å²) in [5, 5.41) is 106. The van der Waals surface area contributed by atoms with Gasteiger partial charge in [-0.05, 0) is 44.2 Å². The van der Waals surface area contributed by atoms with Crippen LogP contribution in [-0.4, -0.2) is 230 Å². The van der Waals surface area contributed by atoms with Gasteiger partial charge in [0.05, 0.1) is 31.9 Å². The van der Waals surface area contributed by atoms with E-state index in [9.17, 15) is 69.9 Å². The quantitative estimate of drug-likeness (QED) is 0.0228. The summed E-state index contributed by atoms with van der Waals surface area (Å²) in [6.45, 7) is -1.16. The number of hydrogen-bond donors (Lipinski definition) is 13. The van der Waals surface area contributed by atoms with E-state index in [2.05, 4.69) is 21.3 Å². The van der Waals surface area contributed by atoms with Crippen LogP contribution in [0.5, 0.6) is 5.75 Å². The van der Waals surface area contributed by atoms with Crippen LogP contribution >= 0.6 is 11.8 Å². The Labute approximate surface area is 419 Å². The average Bonchev–Trinajstić information content (AvgIpc) is 3.93. The van der Waals surface area contributed by atoms with Crippen molar-refractivity contribution in [3.05, 3.63) is 29.8 Å². The molecule has 1 aromatic carbocycles. The summed E-state index contributed by atoms with van der Waals surface area (Å²) in [5.41, 5.74) is 0.358. The van der Waals surface area contributed by atoms with E-state index in [0.717, 1.165) is 25.0 Å². The number of urea groups is 1. The number of nitrogens with one attached hydrogen (secondary N) is 4. The predicted molar refractivity (Wildman–Crippen MR) is 248 cm³/mol. The summed E-state index contributed by atoms with van der Waals surface area (Å²) in [7, 11) is 0. The second-order valence-electron chi connectivity index (χ2n) is 18.5. The van der Waals surface area contributed by atoms with E-state index in [1.165, 1.54) is 13.0 Å². The van der Waals surface area contributed by atoms with Gasteiger partial charge in [-0.2, -0.15) is 11.8 Å². The van der Waals surface area contributed by atoms with Crippen LogP contribution in [0.3, 0.4) is 0 Å². The molecule has 6 unspecified atom stereocenters. The zero-order chi connectivity index (χ0) is 52.1. The molecule has 0 aromatic heterocycles. The summed E-state index contributed by atoms with van der Waals surface area (Å²) in [4.78, 5) is 61.8. The van der Waals surface area contributed by atoms with Crippen molar-refractivity contribution in [2.45, 2.75) is 174 Å². The molecule has 0 saturated carbocycles. The van der Waals surface area contributed by atoms with Gasteiger partial charge >= 0.3 is 6.03 Å². The van der Waals surface area contributed by atoms with E-state index in [-0.39, 0.29) is 61.6 Å². The van der Waals surface area contributed by atoms with Crippen LogP contribution < -0.4 is 26.0 Å². The third-order valence-corrected chi connectivity index (χ3v) is 14.7. The number of aliphatic hydroxyl groups is 9. The van der Waals surface area contributed by atoms with E-state index >= 15 is 0 Å². The van der Waals surface area contributed by atoms with Crippen LogP contribution in [0.15, 0.2) is 24.3 Å². The van der Waals surface area contributed by atoms with E-state index in [1.54, 1.807) is 18.2 Å². The Morgan fingerprint density at radius 1 is 0.736 bits per heavy atom. The van der Waals surface area contributed by atoms with Crippen LogP contribution in [0.1, 0.15) is 75.1 Å². The van der Waals surface area contributed by atoms with Crippen LogP contribution in [0, 0.1) is 0 Å². The van der Waals surface area contributed by atoms with Crippen LogP contribution in [0.25, 0.3) is 0 Å². The Morgan fingerprint density at radius 2 is 1.42 bits per heavy atom. The molecule has 0 aliphatic carbocycles. The zero-order valence-corrected chi connectivity index (χ0v) is 40.7. The van der Waals surface area contributed by atoms with E-state index in [4.69, 9.17) is 33.2 Å². The minimum Gasteiger partial charge on any atom is -0.486 e. The first-order valence-corrected chi connectivity index (χ1v) is 25.4. The van der Waals surface area contributed by atoms with Gasteiger partial charge in [0.15, 0.2) is 30.4 Å². The zero-order valence-electron chi connectivity index (χ0n) is 39.8. The molecule has 406 valence electrons. The molecule has 5 fully saturated rings. The molecule has 0 spiro atoms. The minimum absolute atomic E-state index is 0.0294. The van der Waals surface area contributed by atoms with Crippen molar-refractivity contribution in [2.75, 3.05) is 45.3 Å². The molecule has 26 heteroatoms. The largest absolute Gasteiger partial charge is 0.486 e. The molecular formula is C46H70N4O21S. The monoisotopic (exact) mass is 1050 g/mol. The van der Waals surface area contributed by atoms with Crippen molar-refractivity contribution in [2.24, 2.45) is 0 Å². The molecular weight excluding hydrogens is 977 g/mol. The van der Waals surface area contributed by atoms with E-state index in [0.29, 0.717) is 48.8 Å². The number of thioether (sulfide) groups is 1. The van der Waals surface area contributed by atoms with Gasteiger partial charge in [0.1, 0.15) is 85.5 Å². The Kier molecular flexibility index (Phi) is 22.2. The molecule has 72 heavy (non-hydrogen) atoms. The molecule has 25 nitrogen and oxygen atoms in total. The molecule has 18 atom stereocenters. The number of fused-ring (bicyclic) bond motifs is 1. The average molecular weight is 1050 g/mol. The molecule has 6 rings (SSSR count). The number of carbonyl (C=O) groups excluding carboxylic acids is 5. The third-order valence-electron chi connectivity index (χ3n) is 13.1. The number of carbonyl (C=O) groups is 5. The number of unbranched alkanes of at least 4 members (excludes halogenated alkanes) is 2. The number of rotatable bonds is 27. The van der Waals surface area contributed by atoms with Gasteiger partial charge in [-0.3, -0.25) is 19.2 Å². The first kappa shape index (κ1) is 57.6. The number of Topliss-reactive ketones (excluding diaryl/α,β-unsaturated/α-hetero) is 2. The van der Waals surface area contributed by atoms with Gasteiger partial charge in [-0.15, -0.1) is 0 Å². The predicted octanol–water partition coefficient (Wildman–Crippen LogP) is -3.78. The second kappa shape index (κ2) is 27.7. The van der Waals surface area contributed by atoms with Crippen molar-refractivity contribution in [1.82, 2.24) is 21.3 Å². The van der Waals surface area contributed by atoms with Gasteiger partial charge < -0.3 is 100 Å². The highest BCUT2D eigenvalue weighted by Crippen LogP contribution is 2.35. The fraction of sp³-hybridized carbons (Fsp3) is 0.761. The summed E-state index contributed by atoms with van der Waals surface area (Å²) in [6.07, 6.45) is -19.3. The first-order chi connectivity index (χ1) is 34.5. The highest BCUT2D eigenvalue weighted by molar-refractivity contribution is 8.00.